The van der Waals surface area contributed by atoms with E-state index >= 15 is 0 Å². The van der Waals surface area contributed by atoms with Gasteiger partial charge in [-0.15, -0.1) is 0 Å². The van der Waals surface area contributed by atoms with Crippen molar-refractivity contribution in [2.24, 2.45) is 0 Å². The van der Waals surface area contributed by atoms with Crippen LogP contribution in [0.25, 0.3) is 10.9 Å². The quantitative estimate of drug-likeness (QED) is 0.448. The number of nitro groups is 1. The molecule has 144 valence electrons. The Morgan fingerprint density at radius 2 is 2.30 bits per heavy atom. The summed E-state index contributed by atoms with van der Waals surface area (Å²) in [6, 6.07) is 3.95. The number of hydrogen-bond donors (Lipinski definition) is 2. The number of carbonyl (C=O) groups is 1. The molecule has 0 radical (unpaired) electrons. The van der Waals surface area contributed by atoms with Crippen molar-refractivity contribution < 1.29 is 19.2 Å². The molecule has 1 aromatic heterocycles. The number of esters is 1. The monoisotopic (exact) mass is 376 g/mol. The van der Waals surface area contributed by atoms with Crippen LogP contribution in [0.2, 0.25) is 0 Å². The molecule has 3 rings (SSSR count). The van der Waals surface area contributed by atoms with E-state index in [0.29, 0.717) is 24.4 Å². The Balaban J connectivity index is 2.22. The molecule has 27 heavy (non-hydrogen) atoms. The fraction of sp³-hybridized carbons (Fsp3) is 0.412. The number of morpholine rings is 1. The Morgan fingerprint density at radius 1 is 1.52 bits per heavy atom. The van der Waals surface area contributed by atoms with Crippen LogP contribution in [0.15, 0.2) is 23.0 Å². The van der Waals surface area contributed by atoms with Crippen LogP contribution in [0, 0.1) is 17.0 Å². The highest BCUT2D eigenvalue weighted by Crippen LogP contribution is 2.21. The average Bonchev–Trinajstić information content (AvgIpc) is 2.66. The lowest BCUT2D eigenvalue weighted by atomic mass is 10.1. The minimum atomic E-state index is -0.772. The van der Waals surface area contributed by atoms with E-state index in [-0.39, 0.29) is 23.2 Å². The summed E-state index contributed by atoms with van der Waals surface area (Å²) in [7, 11) is 0. The van der Waals surface area contributed by atoms with E-state index in [1.807, 2.05) is 0 Å². The Bertz CT molecular complexity index is 949. The zero-order chi connectivity index (χ0) is 19.6. The van der Waals surface area contributed by atoms with Gasteiger partial charge in [0.15, 0.2) is 6.23 Å². The normalized spacial score (nSPS) is 16.9. The van der Waals surface area contributed by atoms with Crippen LogP contribution in [0.1, 0.15) is 23.0 Å². The number of carbonyl (C=O) groups excluding carboxylic acids is 1. The Hall–Kier alpha value is -2.98. The standard InChI is InChI=1S/C17H20N4O6/c1-3-26-17(23)15-10(2)20(19-14-9-18-6-7-27-14)13-5-4-11(21(24)25)8-12(13)16(15)22/h4-5,8,14,18-19H,3,6-7,9H2,1-2H3. The molecule has 2 heterocycles. The molecule has 10 nitrogen and oxygen atoms in total. The molecule has 0 amide bonds. The van der Waals surface area contributed by atoms with Crippen molar-refractivity contribution in [2.45, 2.75) is 20.1 Å². The van der Waals surface area contributed by atoms with Crippen molar-refractivity contribution in [1.29, 1.82) is 0 Å². The lowest BCUT2D eigenvalue weighted by molar-refractivity contribution is -0.384. The maximum Gasteiger partial charge on any atom is 0.344 e. The number of ether oxygens (including phenoxy) is 2. The summed E-state index contributed by atoms with van der Waals surface area (Å²) >= 11 is 0. The van der Waals surface area contributed by atoms with E-state index in [4.69, 9.17) is 9.47 Å². The molecule has 0 spiro atoms. The van der Waals surface area contributed by atoms with Crippen LogP contribution < -0.4 is 16.2 Å². The van der Waals surface area contributed by atoms with E-state index in [0.717, 1.165) is 12.6 Å². The smallest absolute Gasteiger partial charge is 0.344 e. The predicted octanol–water partition coefficient (Wildman–Crippen LogP) is 0.884. The Kier molecular flexibility index (Phi) is 5.38. The SMILES string of the molecule is CCOC(=O)c1c(C)n(NC2CNCCO2)c2ccc([N+](=O)[O-])cc2c1=O. The third-order valence-corrected chi connectivity index (χ3v) is 4.28. The van der Waals surface area contributed by atoms with Crippen molar-refractivity contribution in [2.75, 3.05) is 31.7 Å². The highest BCUT2D eigenvalue weighted by Gasteiger charge is 2.24. The second-order valence-electron chi connectivity index (χ2n) is 6.00. The van der Waals surface area contributed by atoms with Crippen molar-refractivity contribution in [1.82, 2.24) is 9.99 Å². The van der Waals surface area contributed by atoms with Gasteiger partial charge in [-0.2, -0.15) is 0 Å². The first-order valence-corrected chi connectivity index (χ1v) is 8.53. The van der Waals surface area contributed by atoms with Gasteiger partial charge in [0.25, 0.3) is 5.69 Å². The first-order valence-electron chi connectivity index (χ1n) is 8.53. The first kappa shape index (κ1) is 18.8. The number of nitrogens with zero attached hydrogens (tertiary/aromatic N) is 2. The van der Waals surface area contributed by atoms with E-state index in [1.165, 1.54) is 12.1 Å². The highest BCUT2D eigenvalue weighted by atomic mass is 16.6. The summed E-state index contributed by atoms with van der Waals surface area (Å²) in [4.78, 5) is 35.7. The molecular weight excluding hydrogens is 356 g/mol. The summed E-state index contributed by atoms with van der Waals surface area (Å²) in [5.74, 6) is -0.772. The number of benzene rings is 1. The third kappa shape index (κ3) is 3.62. The molecule has 2 N–H and O–H groups in total. The third-order valence-electron chi connectivity index (χ3n) is 4.28. The molecule has 1 aromatic carbocycles. The molecule has 1 fully saturated rings. The molecule has 10 heteroatoms. The van der Waals surface area contributed by atoms with Crippen molar-refractivity contribution in [3.63, 3.8) is 0 Å². The first-order chi connectivity index (χ1) is 12.9. The molecule has 2 aromatic rings. The number of hydrogen-bond acceptors (Lipinski definition) is 8. The number of nitro benzene ring substituents is 1. The molecule has 1 aliphatic rings. The maximum absolute atomic E-state index is 12.9. The molecule has 1 saturated heterocycles. The number of fused-ring (bicyclic) bond motifs is 1. The zero-order valence-corrected chi connectivity index (χ0v) is 15.0. The van der Waals surface area contributed by atoms with Crippen molar-refractivity contribution >= 4 is 22.6 Å². The van der Waals surface area contributed by atoms with Crippen LogP contribution in [0.5, 0.6) is 0 Å². The summed E-state index contributed by atoms with van der Waals surface area (Å²) in [5, 5.41) is 14.3. The molecule has 1 atom stereocenters. The molecular formula is C17H20N4O6. The van der Waals surface area contributed by atoms with Gasteiger partial charge in [-0.05, 0) is 19.9 Å². The van der Waals surface area contributed by atoms with Gasteiger partial charge in [0, 0.05) is 25.2 Å². The van der Waals surface area contributed by atoms with Crippen LogP contribution in [0.3, 0.4) is 0 Å². The summed E-state index contributed by atoms with van der Waals surface area (Å²) in [6.07, 6.45) is -0.395. The molecule has 0 bridgehead atoms. The fourth-order valence-corrected chi connectivity index (χ4v) is 3.01. The lowest BCUT2D eigenvalue weighted by Gasteiger charge is -2.28. The molecule has 1 unspecified atom stereocenters. The summed E-state index contributed by atoms with van der Waals surface area (Å²) < 4.78 is 12.2. The van der Waals surface area contributed by atoms with E-state index in [2.05, 4.69) is 10.7 Å². The number of nitrogens with one attached hydrogen (secondary N) is 2. The van der Waals surface area contributed by atoms with Crippen molar-refractivity contribution in [3.8, 4) is 0 Å². The maximum atomic E-state index is 12.9. The van der Waals surface area contributed by atoms with Crippen LogP contribution in [-0.4, -0.2) is 48.1 Å². The van der Waals surface area contributed by atoms with Gasteiger partial charge in [0.2, 0.25) is 5.43 Å². The lowest BCUT2D eigenvalue weighted by Crippen LogP contribution is -2.46. The summed E-state index contributed by atoms with van der Waals surface area (Å²) in [5.41, 5.74) is 2.86. The fourth-order valence-electron chi connectivity index (χ4n) is 3.01. The van der Waals surface area contributed by atoms with E-state index < -0.39 is 22.5 Å². The van der Waals surface area contributed by atoms with Gasteiger partial charge >= 0.3 is 5.97 Å². The van der Waals surface area contributed by atoms with Crippen molar-refractivity contribution in [3.05, 3.63) is 49.8 Å². The van der Waals surface area contributed by atoms with Gasteiger partial charge in [-0.25, -0.2) is 4.79 Å². The molecule has 0 saturated carbocycles. The van der Waals surface area contributed by atoms with Gasteiger partial charge < -0.3 is 14.8 Å². The number of non-ortho nitro benzene ring substituents is 1. The Labute approximate surface area is 154 Å². The molecule has 1 aliphatic heterocycles. The van der Waals surface area contributed by atoms with E-state index in [9.17, 15) is 19.7 Å². The molecule has 0 aliphatic carbocycles. The van der Waals surface area contributed by atoms with Crippen LogP contribution in [0.4, 0.5) is 5.69 Å². The van der Waals surface area contributed by atoms with Gasteiger partial charge in [0.1, 0.15) is 5.56 Å². The van der Waals surface area contributed by atoms with Gasteiger partial charge in [-0.3, -0.25) is 25.0 Å². The topological polar surface area (TPSA) is 125 Å². The minimum Gasteiger partial charge on any atom is -0.462 e. The Morgan fingerprint density at radius 3 is 2.93 bits per heavy atom. The number of aromatic nitrogens is 1. The van der Waals surface area contributed by atoms with Crippen LogP contribution >= 0.6 is 0 Å². The largest absolute Gasteiger partial charge is 0.462 e. The van der Waals surface area contributed by atoms with Gasteiger partial charge in [0.05, 0.1) is 34.7 Å². The second-order valence-corrected chi connectivity index (χ2v) is 6.00. The minimum absolute atomic E-state index is 0.0501. The second kappa shape index (κ2) is 7.72. The van der Waals surface area contributed by atoms with E-state index in [1.54, 1.807) is 18.5 Å². The predicted molar refractivity (Wildman–Crippen MR) is 97.5 cm³/mol. The van der Waals surface area contributed by atoms with Gasteiger partial charge in [-0.1, -0.05) is 0 Å². The highest BCUT2D eigenvalue weighted by molar-refractivity contribution is 5.95. The summed E-state index contributed by atoms with van der Waals surface area (Å²) in [6.45, 7) is 5.10. The average molecular weight is 376 g/mol. The van der Waals surface area contributed by atoms with Crippen LogP contribution in [-0.2, 0) is 9.47 Å². The zero-order valence-electron chi connectivity index (χ0n) is 15.0. The number of rotatable bonds is 5. The number of pyridine rings is 1.